The van der Waals surface area contributed by atoms with Gasteiger partial charge in [-0.3, -0.25) is 0 Å². The topological polar surface area (TPSA) is 18.5 Å². The van der Waals surface area contributed by atoms with Crippen LogP contribution in [0.5, 0.6) is 11.5 Å². The first-order chi connectivity index (χ1) is 10.2. The van der Waals surface area contributed by atoms with Gasteiger partial charge in [0, 0.05) is 0 Å². The summed E-state index contributed by atoms with van der Waals surface area (Å²) in [6.07, 6.45) is 0. The average molecular weight is 278 g/mol. The van der Waals surface area contributed by atoms with Crippen LogP contribution >= 0.6 is 0 Å². The van der Waals surface area contributed by atoms with E-state index >= 15 is 0 Å². The number of benzene rings is 3. The van der Waals surface area contributed by atoms with Gasteiger partial charge < -0.3 is 9.47 Å². The van der Waals surface area contributed by atoms with Crippen molar-refractivity contribution in [1.29, 1.82) is 0 Å². The lowest BCUT2D eigenvalue weighted by atomic mass is 9.97. The van der Waals surface area contributed by atoms with Crippen molar-refractivity contribution >= 4 is 10.8 Å². The molecule has 0 aromatic heterocycles. The summed E-state index contributed by atoms with van der Waals surface area (Å²) in [5.41, 5.74) is 3.66. The van der Waals surface area contributed by atoms with Gasteiger partial charge in [0.1, 0.15) is 11.5 Å². The predicted octanol–water partition coefficient (Wildman–Crippen LogP) is 4.83. The molecule has 3 aromatic carbocycles. The molecule has 0 radical (unpaired) electrons. The van der Waals surface area contributed by atoms with Gasteiger partial charge in [-0.2, -0.15) is 0 Å². The largest absolute Gasteiger partial charge is 0.497 e. The van der Waals surface area contributed by atoms with Crippen LogP contribution in [0.4, 0.5) is 0 Å². The third-order valence-electron chi connectivity index (χ3n) is 3.79. The molecule has 0 unspecified atom stereocenters. The molecule has 0 saturated heterocycles. The van der Waals surface area contributed by atoms with Crippen LogP contribution in [-0.2, 0) is 0 Å². The molecule has 21 heavy (non-hydrogen) atoms. The van der Waals surface area contributed by atoms with Crippen LogP contribution in [-0.4, -0.2) is 14.2 Å². The van der Waals surface area contributed by atoms with Crippen molar-refractivity contribution in [3.63, 3.8) is 0 Å². The molecule has 0 fully saturated rings. The van der Waals surface area contributed by atoms with Crippen molar-refractivity contribution in [3.05, 3.63) is 60.2 Å². The van der Waals surface area contributed by atoms with Crippen LogP contribution in [0.2, 0.25) is 0 Å². The van der Waals surface area contributed by atoms with Gasteiger partial charge in [-0.05, 0) is 64.7 Å². The number of aryl methyl sites for hydroxylation is 1. The maximum absolute atomic E-state index is 5.27. The van der Waals surface area contributed by atoms with Crippen molar-refractivity contribution in [2.24, 2.45) is 0 Å². The quantitative estimate of drug-likeness (QED) is 0.683. The molecule has 2 nitrogen and oxygen atoms in total. The molecule has 3 aromatic rings. The first-order valence-electron chi connectivity index (χ1n) is 6.94. The van der Waals surface area contributed by atoms with E-state index in [1.165, 1.54) is 27.5 Å². The van der Waals surface area contributed by atoms with Crippen molar-refractivity contribution in [2.45, 2.75) is 6.92 Å². The zero-order valence-corrected chi connectivity index (χ0v) is 12.5. The predicted molar refractivity (Wildman–Crippen MR) is 87.2 cm³/mol. The monoisotopic (exact) mass is 278 g/mol. The third-order valence-corrected chi connectivity index (χ3v) is 3.79. The summed E-state index contributed by atoms with van der Waals surface area (Å²) in [6, 6.07) is 18.8. The Balaban J connectivity index is 2.08. The highest BCUT2D eigenvalue weighted by atomic mass is 16.5. The molecular weight excluding hydrogens is 260 g/mol. The highest BCUT2D eigenvalue weighted by Crippen LogP contribution is 2.30. The summed E-state index contributed by atoms with van der Waals surface area (Å²) in [4.78, 5) is 0. The van der Waals surface area contributed by atoms with E-state index in [-0.39, 0.29) is 0 Å². The number of hydrogen-bond acceptors (Lipinski definition) is 2. The Morgan fingerprint density at radius 3 is 2.00 bits per heavy atom. The van der Waals surface area contributed by atoms with E-state index in [2.05, 4.69) is 49.4 Å². The molecule has 0 bridgehead atoms. The van der Waals surface area contributed by atoms with Crippen LogP contribution in [0.3, 0.4) is 0 Å². The van der Waals surface area contributed by atoms with Gasteiger partial charge in [0.15, 0.2) is 0 Å². The van der Waals surface area contributed by atoms with E-state index in [0.29, 0.717) is 0 Å². The molecular formula is C19H18O2. The Morgan fingerprint density at radius 2 is 1.29 bits per heavy atom. The fourth-order valence-electron chi connectivity index (χ4n) is 2.61. The van der Waals surface area contributed by atoms with Crippen LogP contribution in [0.15, 0.2) is 54.6 Å². The molecule has 0 aliphatic heterocycles. The fourth-order valence-corrected chi connectivity index (χ4v) is 2.61. The zero-order chi connectivity index (χ0) is 14.8. The van der Waals surface area contributed by atoms with E-state index in [1.807, 2.05) is 12.1 Å². The van der Waals surface area contributed by atoms with E-state index in [4.69, 9.17) is 9.47 Å². The zero-order valence-electron chi connectivity index (χ0n) is 12.5. The van der Waals surface area contributed by atoms with E-state index in [1.54, 1.807) is 14.2 Å². The standard InChI is InChI=1S/C19H18O2/c1-13-10-17(20-2)8-9-19(13)16-5-4-15-12-18(21-3)7-6-14(15)11-16/h4-12H,1-3H3. The summed E-state index contributed by atoms with van der Waals surface area (Å²) >= 11 is 0. The second-order valence-electron chi connectivity index (χ2n) is 5.11. The average Bonchev–Trinajstić information content (AvgIpc) is 2.53. The van der Waals surface area contributed by atoms with Gasteiger partial charge >= 0.3 is 0 Å². The molecule has 0 heterocycles. The van der Waals surface area contributed by atoms with Crippen molar-refractivity contribution < 1.29 is 9.47 Å². The molecule has 0 N–H and O–H groups in total. The highest BCUT2D eigenvalue weighted by molar-refractivity contribution is 5.88. The molecule has 0 amide bonds. The number of methoxy groups -OCH3 is 2. The van der Waals surface area contributed by atoms with Crippen LogP contribution in [0, 0.1) is 6.92 Å². The molecule has 0 spiro atoms. The third kappa shape index (κ3) is 2.57. The second kappa shape index (κ2) is 5.49. The SMILES string of the molecule is COc1ccc(-c2ccc3cc(OC)ccc3c2)c(C)c1. The van der Waals surface area contributed by atoms with Crippen LogP contribution in [0.25, 0.3) is 21.9 Å². The molecule has 0 atom stereocenters. The number of hydrogen-bond donors (Lipinski definition) is 0. The van der Waals surface area contributed by atoms with Crippen molar-refractivity contribution in [3.8, 4) is 22.6 Å². The van der Waals surface area contributed by atoms with E-state index < -0.39 is 0 Å². The Bertz CT molecular complexity index is 791. The van der Waals surface area contributed by atoms with Gasteiger partial charge in [-0.1, -0.05) is 24.3 Å². The van der Waals surface area contributed by atoms with Crippen LogP contribution < -0.4 is 9.47 Å². The smallest absolute Gasteiger partial charge is 0.119 e. The van der Waals surface area contributed by atoms with Crippen molar-refractivity contribution in [1.82, 2.24) is 0 Å². The number of ether oxygens (including phenoxy) is 2. The minimum absolute atomic E-state index is 0.885. The van der Waals surface area contributed by atoms with Gasteiger partial charge in [0.05, 0.1) is 14.2 Å². The molecule has 0 aliphatic rings. The summed E-state index contributed by atoms with van der Waals surface area (Å²) in [7, 11) is 3.38. The highest BCUT2D eigenvalue weighted by Gasteiger charge is 2.05. The summed E-state index contributed by atoms with van der Waals surface area (Å²) < 4.78 is 10.5. The molecule has 106 valence electrons. The maximum atomic E-state index is 5.27. The molecule has 0 aliphatic carbocycles. The lowest BCUT2D eigenvalue weighted by molar-refractivity contribution is 0.414. The van der Waals surface area contributed by atoms with Gasteiger partial charge in [0.25, 0.3) is 0 Å². The van der Waals surface area contributed by atoms with Crippen LogP contribution in [0.1, 0.15) is 5.56 Å². The van der Waals surface area contributed by atoms with Gasteiger partial charge in [-0.15, -0.1) is 0 Å². The fraction of sp³-hybridized carbons (Fsp3) is 0.158. The Kier molecular flexibility index (Phi) is 3.53. The second-order valence-corrected chi connectivity index (χ2v) is 5.11. The van der Waals surface area contributed by atoms with Gasteiger partial charge in [0.2, 0.25) is 0 Å². The lowest BCUT2D eigenvalue weighted by Gasteiger charge is -2.10. The Morgan fingerprint density at radius 1 is 0.667 bits per heavy atom. The normalized spacial score (nSPS) is 10.6. The molecule has 3 rings (SSSR count). The first-order valence-corrected chi connectivity index (χ1v) is 6.94. The Labute approximate surface area is 124 Å². The number of rotatable bonds is 3. The summed E-state index contributed by atoms with van der Waals surface area (Å²) in [5.74, 6) is 1.78. The maximum Gasteiger partial charge on any atom is 0.119 e. The molecule has 2 heteroatoms. The summed E-state index contributed by atoms with van der Waals surface area (Å²) in [6.45, 7) is 2.11. The van der Waals surface area contributed by atoms with Gasteiger partial charge in [-0.25, -0.2) is 0 Å². The lowest BCUT2D eigenvalue weighted by Crippen LogP contribution is -1.88. The first kappa shape index (κ1) is 13.5. The minimum Gasteiger partial charge on any atom is -0.497 e. The van der Waals surface area contributed by atoms with E-state index in [9.17, 15) is 0 Å². The minimum atomic E-state index is 0.885. The van der Waals surface area contributed by atoms with Crippen molar-refractivity contribution in [2.75, 3.05) is 14.2 Å². The summed E-state index contributed by atoms with van der Waals surface area (Å²) in [5, 5.41) is 2.40. The number of fused-ring (bicyclic) bond motifs is 1. The molecule has 0 saturated carbocycles. The Hall–Kier alpha value is -2.48. The van der Waals surface area contributed by atoms with E-state index in [0.717, 1.165) is 11.5 Å².